The number of carbonyl (C=O) groups is 2. The molecule has 1 aliphatic carbocycles. The van der Waals surface area contributed by atoms with E-state index in [1.807, 2.05) is 23.6 Å². The van der Waals surface area contributed by atoms with Crippen LogP contribution in [-0.2, 0) is 21.4 Å². The number of rotatable bonds is 0. The number of hydrogen-bond acceptors (Lipinski definition) is 5. The molecule has 1 aromatic rings. The highest BCUT2D eigenvalue weighted by Crippen LogP contribution is 2.51. The molecular formula is C14H11N3O2S. The lowest BCUT2D eigenvalue weighted by Crippen LogP contribution is -2.60. The zero-order valence-corrected chi connectivity index (χ0v) is 11.4. The fourth-order valence-electron chi connectivity index (χ4n) is 3.47. The third kappa shape index (κ3) is 1.46. The van der Waals surface area contributed by atoms with Crippen molar-refractivity contribution in [3.63, 3.8) is 0 Å². The van der Waals surface area contributed by atoms with Crippen LogP contribution in [0.15, 0.2) is 11.4 Å². The van der Waals surface area contributed by atoms with Crippen molar-refractivity contribution in [1.82, 2.24) is 5.32 Å². The van der Waals surface area contributed by atoms with Crippen LogP contribution >= 0.6 is 11.3 Å². The Labute approximate surface area is 119 Å². The number of nitrogens with zero attached hydrogens (tertiary/aromatic N) is 2. The quantitative estimate of drug-likeness (QED) is 0.726. The van der Waals surface area contributed by atoms with E-state index in [0.717, 1.165) is 23.3 Å². The van der Waals surface area contributed by atoms with Crippen LogP contribution in [0.2, 0.25) is 0 Å². The molecule has 1 aromatic heterocycles. The van der Waals surface area contributed by atoms with Gasteiger partial charge in [-0.1, -0.05) is 0 Å². The minimum Gasteiger partial charge on any atom is -0.294 e. The summed E-state index contributed by atoms with van der Waals surface area (Å²) in [5.41, 5.74) is -0.133. The summed E-state index contributed by atoms with van der Waals surface area (Å²) in [5, 5.41) is 22.9. The van der Waals surface area contributed by atoms with Gasteiger partial charge in [-0.25, -0.2) is 0 Å². The fourth-order valence-corrected chi connectivity index (χ4v) is 4.49. The number of thiophene rings is 1. The molecule has 20 heavy (non-hydrogen) atoms. The third-order valence-electron chi connectivity index (χ3n) is 4.30. The predicted molar refractivity (Wildman–Crippen MR) is 70.3 cm³/mol. The predicted octanol–water partition coefficient (Wildman–Crippen LogP) is 1.26. The summed E-state index contributed by atoms with van der Waals surface area (Å²) in [5.74, 6) is -3.14. The maximum absolute atomic E-state index is 12.0. The molecule has 1 fully saturated rings. The molecule has 1 spiro atoms. The number of fused-ring (bicyclic) bond motifs is 2. The number of aryl methyl sites for hydroxylation is 1. The lowest BCUT2D eigenvalue weighted by atomic mass is 9.56. The lowest BCUT2D eigenvalue weighted by Gasteiger charge is -2.45. The number of amides is 2. The fraction of sp³-hybridized carbons (Fsp3) is 0.429. The number of carbonyl (C=O) groups excluding carboxylic acids is 2. The summed E-state index contributed by atoms with van der Waals surface area (Å²) in [4.78, 5) is 25.2. The Hall–Kier alpha value is -2.18. The van der Waals surface area contributed by atoms with Crippen LogP contribution in [0.1, 0.15) is 23.3 Å². The molecule has 1 aliphatic heterocycles. The van der Waals surface area contributed by atoms with Gasteiger partial charge in [0.15, 0.2) is 0 Å². The first-order valence-corrected chi connectivity index (χ1v) is 7.24. The molecule has 2 heterocycles. The standard InChI is InChI=1S/C14H11N3O2S/c15-6-9-12(18)17-13(19)10(7-16)14(9)4-1-2-11-8(14)3-5-20-11/h3,5,9-10H,1-2,4H2,(H,17,18,19)/t9-,10+,14?. The van der Waals surface area contributed by atoms with Gasteiger partial charge in [0.1, 0.15) is 11.8 Å². The monoisotopic (exact) mass is 285 g/mol. The van der Waals surface area contributed by atoms with Gasteiger partial charge in [0.05, 0.1) is 12.1 Å². The van der Waals surface area contributed by atoms with Crippen LogP contribution in [0, 0.1) is 34.5 Å². The van der Waals surface area contributed by atoms with Crippen molar-refractivity contribution in [1.29, 1.82) is 10.5 Å². The van der Waals surface area contributed by atoms with E-state index in [4.69, 9.17) is 0 Å². The molecule has 0 radical (unpaired) electrons. The van der Waals surface area contributed by atoms with Crippen molar-refractivity contribution >= 4 is 23.2 Å². The molecule has 5 nitrogen and oxygen atoms in total. The van der Waals surface area contributed by atoms with E-state index in [-0.39, 0.29) is 0 Å². The first-order valence-electron chi connectivity index (χ1n) is 6.36. The molecule has 2 aliphatic rings. The van der Waals surface area contributed by atoms with Gasteiger partial charge < -0.3 is 0 Å². The van der Waals surface area contributed by atoms with Crippen LogP contribution in [-0.4, -0.2) is 11.8 Å². The molecule has 0 bridgehead atoms. The van der Waals surface area contributed by atoms with Gasteiger partial charge in [-0.05, 0) is 36.3 Å². The minimum atomic E-state index is -0.988. The zero-order valence-electron chi connectivity index (χ0n) is 10.5. The Morgan fingerprint density at radius 1 is 1.25 bits per heavy atom. The van der Waals surface area contributed by atoms with Crippen molar-refractivity contribution in [2.75, 3.05) is 0 Å². The average Bonchev–Trinajstić information content (AvgIpc) is 2.89. The van der Waals surface area contributed by atoms with Gasteiger partial charge in [-0.15, -0.1) is 11.3 Å². The largest absolute Gasteiger partial charge is 0.294 e. The van der Waals surface area contributed by atoms with E-state index in [9.17, 15) is 20.1 Å². The highest BCUT2D eigenvalue weighted by molar-refractivity contribution is 7.10. The molecule has 0 aromatic carbocycles. The normalized spacial score (nSPS) is 32.1. The summed E-state index contributed by atoms with van der Waals surface area (Å²) in [7, 11) is 0. The molecule has 3 atom stereocenters. The second kappa shape index (κ2) is 4.43. The van der Waals surface area contributed by atoms with Gasteiger partial charge in [-0.2, -0.15) is 10.5 Å². The van der Waals surface area contributed by atoms with E-state index in [2.05, 4.69) is 5.32 Å². The van der Waals surface area contributed by atoms with Crippen molar-refractivity contribution in [2.24, 2.45) is 11.8 Å². The Morgan fingerprint density at radius 2 is 1.90 bits per heavy atom. The molecule has 3 rings (SSSR count). The van der Waals surface area contributed by atoms with E-state index in [1.54, 1.807) is 11.3 Å². The number of piperidine rings is 1. The minimum absolute atomic E-state index is 0.520. The maximum Gasteiger partial charge on any atom is 0.244 e. The third-order valence-corrected chi connectivity index (χ3v) is 5.28. The highest BCUT2D eigenvalue weighted by atomic mass is 32.1. The second-order valence-corrected chi connectivity index (χ2v) is 6.13. The van der Waals surface area contributed by atoms with E-state index < -0.39 is 29.1 Å². The topological polar surface area (TPSA) is 93.8 Å². The molecular weight excluding hydrogens is 274 g/mol. The lowest BCUT2D eigenvalue weighted by molar-refractivity contribution is -0.141. The number of imide groups is 1. The zero-order chi connectivity index (χ0) is 14.3. The SMILES string of the molecule is N#C[C@@H]1C(=O)NC(=O)[C@H](C#N)C12CCCc1sccc12. The number of nitrogens with one attached hydrogen (secondary N) is 1. The second-order valence-electron chi connectivity index (χ2n) is 5.13. The van der Waals surface area contributed by atoms with E-state index in [1.165, 1.54) is 0 Å². The number of nitriles is 2. The van der Waals surface area contributed by atoms with E-state index >= 15 is 0 Å². The van der Waals surface area contributed by atoms with E-state index in [0.29, 0.717) is 6.42 Å². The molecule has 1 N–H and O–H groups in total. The van der Waals surface area contributed by atoms with Crippen LogP contribution in [0.4, 0.5) is 0 Å². The summed E-state index contributed by atoms with van der Waals surface area (Å²) in [6.07, 6.45) is 2.18. The van der Waals surface area contributed by atoms with Crippen LogP contribution in [0.5, 0.6) is 0 Å². The first-order chi connectivity index (χ1) is 9.65. The molecule has 1 unspecified atom stereocenters. The van der Waals surface area contributed by atoms with Crippen molar-refractivity contribution in [3.05, 3.63) is 21.9 Å². The molecule has 100 valence electrons. The average molecular weight is 285 g/mol. The van der Waals surface area contributed by atoms with Gasteiger partial charge in [0.2, 0.25) is 11.8 Å². The molecule has 6 heteroatoms. The molecule has 1 saturated heterocycles. The van der Waals surface area contributed by atoms with Crippen molar-refractivity contribution < 1.29 is 9.59 Å². The highest BCUT2D eigenvalue weighted by Gasteiger charge is 2.58. The van der Waals surface area contributed by atoms with Crippen LogP contribution < -0.4 is 5.32 Å². The van der Waals surface area contributed by atoms with Crippen molar-refractivity contribution in [2.45, 2.75) is 24.7 Å². The van der Waals surface area contributed by atoms with Gasteiger partial charge in [0, 0.05) is 10.3 Å². The van der Waals surface area contributed by atoms with Crippen LogP contribution in [0.3, 0.4) is 0 Å². The van der Waals surface area contributed by atoms with Gasteiger partial charge in [0.25, 0.3) is 0 Å². The maximum atomic E-state index is 12.0. The Bertz CT molecular complexity index is 647. The Kier molecular flexibility index (Phi) is 2.84. The summed E-state index contributed by atoms with van der Waals surface area (Å²) in [6.45, 7) is 0. The van der Waals surface area contributed by atoms with Gasteiger partial charge in [-0.3, -0.25) is 14.9 Å². The summed E-state index contributed by atoms with van der Waals surface area (Å²) >= 11 is 1.56. The van der Waals surface area contributed by atoms with Crippen LogP contribution in [0.25, 0.3) is 0 Å². The summed E-state index contributed by atoms with van der Waals surface area (Å²) in [6, 6.07) is 5.90. The summed E-state index contributed by atoms with van der Waals surface area (Å²) < 4.78 is 0. The molecule has 2 amide bonds. The number of hydrogen-bond donors (Lipinski definition) is 1. The smallest absolute Gasteiger partial charge is 0.244 e. The van der Waals surface area contributed by atoms with Gasteiger partial charge >= 0.3 is 0 Å². The molecule has 0 saturated carbocycles. The Morgan fingerprint density at radius 3 is 2.50 bits per heavy atom. The Balaban J connectivity index is 2.27. The first kappa shape index (κ1) is 12.8. The van der Waals surface area contributed by atoms with Crippen molar-refractivity contribution in [3.8, 4) is 12.1 Å².